The fourth-order valence-corrected chi connectivity index (χ4v) is 4.42. The van der Waals surface area contributed by atoms with Crippen molar-refractivity contribution in [1.29, 1.82) is 0 Å². The highest BCUT2D eigenvalue weighted by Crippen LogP contribution is 2.22. The van der Waals surface area contributed by atoms with Gasteiger partial charge in [0, 0.05) is 31.7 Å². The maximum absolute atomic E-state index is 13.4. The number of rotatable bonds is 9. The van der Waals surface area contributed by atoms with E-state index in [1.54, 1.807) is 18.2 Å². The summed E-state index contributed by atoms with van der Waals surface area (Å²) in [6.45, 7) is 6.43. The Morgan fingerprint density at radius 3 is 2.58 bits per heavy atom. The first-order valence-corrected chi connectivity index (χ1v) is 11.4. The van der Waals surface area contributed by atoms with Gasteiger partial charge < -0.3 is 10.1 Å². The number of nitrogens with zero attached hydrogens (tertiary/aromatic N) is 1. The zero-order valence-corrected chi connectivity index (χ0v) is 17.9. The molecule has 1 saturated heterocycles. The number of sulfonamides is 1. The molecule has 31 heavy (non-hydrogen) atoms. The number of ether oxygens (including phenoxy) is 1. The van der Waals surface area contributed by atoms with Crippen LogP contribution < -0.4 is 10.0 Å². The summed E-state index contributed by atoms with van der Waals surface area (Å²) in [5.41, 5.74) is 1.12. The van der Waals surface area contributed by atoms with Crippen molar-refractivity contribution >= 4 is 15.9 Å². The summed E-state index contributed by atoms with van der Waals surface area (Å²) in [4.78, 5) is 14.9. The van der Waals surface area contributed by atoms with E-state index >= 15 is 0 Å². The third-order valence-electron chi connectivity index (χ3n) is 5.02. The average molecular weight is 448 g/mol. The first kappa shape index (κ1) is 23.1. The van der Waals surface area contributed by atoms with E-state index in [-0.39, 0.29) is 41.3 Å². The third-order valence-corrected chi connectivity index (χ3v) is 6.44. The quantitative estimate of drug-likeness (QED) is 0.575. The van der Waals surface area contributed by atoms with E-state index < -0.39 is 10.0 Å². The van der Waals surface area contributed by atoms with Crippen molar-refractivity contribution in [3.8, 4) is 0 Å². The van der Waals surface area contributed by atoms with Crippen LogP contribution in [0.15, 0.2) is 66.1 Å². The van der Waals surface area contributed by atoms with Gasteiger partial charge in [-0.25, -0.2) is 17.5 Å². The van der Waals surface area contributed by atoms with Gasteiger partial charge in [-0.3, -0.25) is 9.69 Å². The number of amides is 1. The molecule has 1 aliphatic heterocycles. The molecular formula is C22H26FN3O4S. The van der Waals surface area contributed by atoms with Gasteiger partial charge in [0.1, 0.15) is 5.82 Å². The highest BCUT2D eigenvalue weighted by molar-refractivity contribution is 7.89. The molecule has 0 aliphatic carbocycles. The van der Waals surface area contributed by atoms with Gasteiger partial charge in [-0.1, -0.05) is 24.3 Å². The van der Waals surface area contributed by atoms with Crippen LogP contribution in [0.1, 0.15) is 22.0 Å². The Morgan fingerprint density at radius 1 is 1.19 bits per heavy atom. The number of halogens is 1. The number of carbonyl (C=O) groups excluding carboxylic acids is 1. The lowest BCUT2D eigenvalue weighted by atomic mass is 10.0. The molecule has 166 valence electrons. The van der Waals surface area contributed by atoms with Gasteiger partial charge >= 0.3 is 0 Å². The summed E-state index contributed by atoms with van der Waals surface area (Å²) in [5, 5.41) is 2.88. The van der Waals surface area contributed by atoms with Gasteiger partial charge in [-0.2, -0.15) is 0 Å². The Kier molecular flexibility index (Phi) is 7.91. The maximum Gasteiger partial charge on any atom is 0.251 e. The topological polar surface area (TPSA) is 87.7 Å². The number of hydrogen-bond acceptors (Lipinski definition) is 5. The largest absolute Gasteiger partial charge is 0.379 e. The van der Waals surface area contributed by atoms with Crippen molar-refractivity contribution < 1.29 is 22.3 Å². The van der Waals surface area contributed by atoms with Gasteiger partial charge in [0.2, 0.25) is 10.0 Å². The third kappa shape index (κ3) is 6.20. The standard InChI is InChI=1S/C22H26FN3O4S/c1-2-10-25-31(28,29)20-5-3-4-18(15-20)22(27)24-16-21(26-11-13-30-14-12-26)17-6-8-19(23)9-7-17/h2-9,15,21,25H,1,10-14,16H2,(H,24,27). The summed E-state index contributed by atoms with van der Waals surface area (Å²) in [7, 11) is -3.73. The van der Waals surface area contributed by atoms with E-state index in [1.807, 2.05) is 0 Å². The predicted octanol–water partition coefficient (Wildman–Crippen LogP) is 2.09. The van der Waals surface area contributed by atoms with Crippen LogP contribution in [0.5, 0.6) is 0 Å². The average Bonchev–Trinajstić information content (AvgIpc) is 2.79. The molecule has 1 fully saturated rings. The van der Waals surface area contributed by atoms with Crippen LogP contribution in [0.25, 0.3) is 0 Å². The SMILES string of the molecule is C=CCNS(=O)(=O)c1cccc(C(=O)NCC(c2ccc(F)cc2)N2CCOCC2)c1. The van der Waals surface area contributed by atoms with E-state index in [0.717, 1.165) is 5.56 Å². The lowest BCUT2D eigenvalue weighted by Crippen LogP contribution is -2.43. The van der Waals surface area contributed by atoms with Crippen molar-refractivity contribution in [2.24, 2.45) is 0 Å². The highest BCUT2D eigenvalue weighted by Gasteiger charge is 2.24. The molecule has 9 heteroatoms. The second kappa shape index (κ2) is 10.6. The van der Waals surface area contributed by atoms with Crippen molar-refractivity contribution in [2.75, 3.05) is 39.4 Å². The molecule has 0 radical (unpaired) electrons. The first-order chi connectivity index (χ1) is 14.9. The Labute approximate surface area is 182 Å². The van der Waals surface area contributed by atoms with Crippen LogP contribution in [0.2, 0.25) is 0 Å². The molecule has 1 heterocycles. The molecule has 0 spiro atoms. The second-order valence-corrected chi connectivity index (χ2v) is 8.86. The van der Waals surface area contributed by atoms with Crippen LogP contribution in [0.4, 0.5) is 4.39 Å². The lowest BCUT2D eigenvalue weighted by molar-refractivity contribution is 0.0162. The number of nitrogens with one attached hydrogen (secondary N) is 2. The van der Waals surface area contributed by atoms with E-state index in [9.17, 15) is 17.6 Å². The van der Waals surface area contributed by atoms with Crippen molar-refractivity contribution in [1.82, 2.24) is 14.9 Å². The van der Waals surface area contributed by atoms with Gasteiger partial charge in [-0.15, -0.1) is 6.58 Å². The first-order valence-electron chi connectivity index (χ1n) is 9.97. The zero-order chi connectivity index (χ0) is 22.3. The minimum Gasteiger partial charge on any atom is -0.379 e. The molecule has 2 N–H and O–H groups in total. The van der Waals surface area contributed by atoms with E-state index in [4.69, 9.17) is 4.74 Å². The Morgan fingerprint density at radius 2 is 1.90 bits per heavy atom. The smallest absolute Gasteiger partial charge is 0.251 e. The number of carbonyl (C=O) groups is 1. The Bertz CT molecular complexity index is 1010. The number of benzene rings is 2. The van der Waals surface area contributed by atoms with Gasteiger partial charge in [0.05, 0.1) is 24.2 Å². The van der Waals surface area contributed by atoms with Gasteiger partial charge in [0.15, 0.2) is 0 Å². The molecule has 2 aromatic carbocycles. The zero-order valence-electron chi connectivity index (χ0n) is 17.1. The van der Waals surface area contributed by atoms with Gasteiger partial charge in [0.25, 0.3) is 5.91 Å². The van der Waals surface area contributed by atoms with Crippen LogP contribution in [-0.2, 0) is 14.8 Å². The van der Waals surface area contributed by atoms with Crippen molar-refractivity contribution in [3.63, 3.8) is 0 Å². The summed E-state index contributed by atoms with van der Waals surface area (Å²) in [6.07, 6.45) is 1.44. The molecule has 1 unspecified atom stereocenters. The molecule has 1 aliphatic rings. The lowest BCUT2D eigenvalue weighted by Gasteiger charge is -2.35. The Balaban J connectivity index is 1.74. The summed E-state index contributed by atoms with van der Waals surface area (Å²) < 4.78 is 45.8. The summed E-state index contributed by atoms with van der Waals surface area (Å²) >= 11 is 0. The molecule has 7 nitrogen and oxygen atoms in total. The minimum absolute atomic E-state index is 0.00487. The van der Waals surface area contributed by atoms with Crippen LogP contribution in [-0.4, -0.2) is 58.6 Å². The summed E-state index contributed by atoms with van der Waals surface area (Å²) in [5.74, 6) is -0.710. The fourth-order valence-electron chi connectivity index (χ4n) is 3.38. The number of hydrogen-bond donors (Lipinski definition) is 2. The molecule has 0 bridgehead atoms. The van der Waals surface area contributed by atoms with Gasteiger partial charge in [-0.05, 0) is 35.9 Å². The van der Waals surface area contributed by atoms with E-state index in [1.165, 1.54) is 36.4 Å². The van der Waals surface area contributed by atoms with Crippen molar-refractivity contribution in [2.45, 2.75) is 10.9 Å². The minimum atomic E-state index is -3.73. The highest BCUT2D eigenvalue weighted by atomic mass is 32.2. The normalized spacial score (nSPS) is 15.9. The van der Waals surface area contributed by atoms with E-state index in [0.29, 0.717) is 26.3 Å². The van der Waals surface area contributed by atoms with Crippen LogP contribution in [0.3, 0.4) is 0 Å². The summed E-state index contributed by atoms with van der Waals surface area (Å²) in [6, 6.07) is 11.9. The predicted molar refractivity (Wildman–Crippen MR) is 116 cm³/mol. The number of morpholine rings is 1. The van der Waals surface area contributed by atoms with Crippen LogP contribution in [0, 0.1) is 5.82 Å². The molecule has 0 aromatic heterocycles. The Hall–Kier alpha value is -2.59. The molecule has 3 rings (SSSR count). The molecule has 1 amide bonds. The molecule has 0 saturated carbocycles. The second-order valence-electron chi connectivity index (χ2n) is 7.09. The van der Waals surface area contributed by atoms with Crippen LogP contribution >= 0.6 is 0 Å². The monoisotopic (exact) mass is 447 g/mol. The fraction of sp³-hybridized carbons (Fsp3) is 0.318. The molecule has 1 atom stereocenters. The van der Waals surface area contributed by atoms with Crippen molar-refractivity contribution in [3.05, 3.63) is 78.1 Å². The maximum atomic E-state index is 13.4. The molecular weight excluding hydrogens is 421 g/mol. The molecule has 2 aromatic rings. The van der Waals surface area contributed by atoms with E-state index in [2.05, 4.69) is 21.5 Å².